The molecule has 3 heteroatoms. The standard InChI is InChI=1S/C16H31N3/c1-4-19(15-7-8-18(3)12(2)9-15)16-10-13-5-6-14(11-16)17-13/h12-17H,4-11H2,1-3H3. The third-order valence-corrected chi connectivity index (χ3v) is 5.93. The van der Waals surface area contributed by atoms with Crippen molar-refractivity contribution < 1.29 is 0 Å². The molecule has 3 heterocycles. The SMILES string of the molecule is CCN(C1CC2CCC(C1)N2)C1CCN(C)C(C)C1. The minimum Gasteiger partial charge on any atom is -0.311 e. The molecule has 3 rings (SSSR count). The Morgan fingerprint density at radius 2 is 1.74 bits per heavy atom. The van der Waals surface area contributed by atoms with E-state index in [9.17, 15) is 0 Å². The molecule has 3 aliphatic rings. The lowest BCUT2D eigenvalue weighted by Gasteiger charge is -2.46. The van der Waals surface area contributed by atoms with Gasteiger partial charge in [-0.05, 0) is 65.6 Å². The molecule has 0 radical (unpaired) electrons. The topological polar surface area (TPSA) is 18.5 Å². The Morgan fingerprint density at radius 3 is 2.32 bits per heavy atom. The third-order valence-electron chi connectivity index (χ3n) is 5.93. The van der Waals surface area contributed by atoms with Gasteiger partial charge in [-0.3, -0.25) is 4.90 Å². The van der Waals surface area contributed by atoms with Gasteiger partial charge in [0.2, 0.25) is 0 Å². The van der Waals surface area contributed by atoms with Crippen molar-refractivity contribution in [2.45, 2.75) is 82.6 Å². The lowest BCUT2D eigenvalue weighted by atomic mass is 9.91. The molecular formula is C16H31N3. The second kappa shape index (κ2) is 5.71. The first kappa shape index (κ1) is 13.8. The first-order valence-electron chi connectivity index (χ1n) is 8.39. The van der Waals surface area contributed by atoms with Gasteiger partial charge >= 0.3 is 0 Å². The van der Waals surface area contributed by atoms with Crippen LogP contribution in [0, 0.1) is 0 Å². The maximum atomic E-state index is 3.78. The number of hydrogen-bond acceptors (Lipinski definition) is 3. The van der Waals surface area contributed by atoms with Gasteiger partial charge in [-0.2, -0.15) is 0 Å². The third kappa shape index (κ3) is 2.84. The van der Waals surface area contributed by atoms with Crippen LogP contribution in [0.3, 0.4) is 0 Å². The summed E-state index contributed by atoms with van der Waals surface area (Å²) in [5.74, 6) is 0. The van der Waals surface area contributed by atoms with E-state index in [4.69, 9.17) is 0 Å². The van der Waals surface area contributed by atoms with E-state index in [0.29, 0.717) is 0 Å². The highest BCUT2D eigenvalue weighted by Gasteiger charge is 2.38. The van der Waals surface area contributed by atoms with Crippen molar-refractivity contribution in [3.05, 3.63) is 0 Å². The smallest absolute Gasteiger partial charge is 0.0128 e. The zero-order chi connectivity index (χ0) is 13.4. The largest absolute Gasteiger partial charge is 0.311 e. The molecule has 110 valence electrons. The average molecular weight is 265 g/mol. The minimum absolute atomic E-state index is 0.756. The van der Waals surface area contributed by atoms with E-state index >= 15 is 0 Å². The summed E-state index contributed by atoms with van der Waals surface area (Å²) in [5, 5.41) is 3.78. The molecule has 4 unspecified atom stereocenters. The maximum Gasteiger partial charge on any atom is 0.0128 e. The van der Waals surface area contributed by atoms with Crippen molar-refractivity contribution in [3.8, 4) is 0 Å². The van der Waals surface area contributed by atoms with Crippen molar-refractivity contribution in [2.24, 2.45) is 0 Å². The summed E-state index contributed by atoms with van der Waals surface area (Å²) in [4.78, 5) is 5.38. The monoisotopic (exact) mass is 265 g/mol. The van der Waals surface area contributed by atoms with Crippen LogP contribution in [0.15, 0.2) is 0 Å². The second-order valence-electron chi connectivity index (χ2n) is 7.10. The normalized spacial score (nSPS) is 43.9. The number of likely N-dealkylation sites (tertiary alicyclic amines) is 1. The molecule has 0 amide bonds. The number of rotatable bonds is 3. The van der Waals surface area contributed by atoms with Crippen LogP contribution in [0.2, 0.25) is 0 Å². The lowest BCUT2D eigenvalue weighted by Crippen LogP contribution is -2.55. The Labute approximate surface area is 118 Å². The number of nitrogens with one attached hydrogen (secondary N) is 1. The number of nitrogens with zero attached hydrogens (tertiary/aromatic N) is 2. The van der Waals surface area contributed by atoms with Gasteiger partial charge in [-0.15, -0.1) is 0 Å². The Morgan fingerprint density at radius 1 is 1.05 bits per heavy atom. The van der Waals surface area contributed by atoms with Gasteiger partial charge in [0.1, 0.15) is 0 Å². The molecule has 0 aromatic carbocycles. The first-order valence-corrected chi connectivity index (χ1v) is 8.39. The Bertz CT molecular complexity index is 294. The van der Waals surface area contributed by atoms with E-state index in [1.807, 2.05) is 0 Å². The Hall–Kier alpha value is -0.120. The van der Waals surface area contributed by atoms with Gasteiger partial charge in [-0.25, -0.2) is 0 Å². The van der Waals surface area contributed by atoms with Gasteiger partial charge in [0.05, 0.1) is 0 Å². The first-order chi connectivity index (χ1) is 9.17. The molecule has 19 heavy (non-hydrogen) atoms. The molecule has 3 nitrogen and oxygen atoms in total. The van der Waals surface area contributed by atoms with Crippen LogP contribution in [0.1, 0.15) is 52.4 Å². The summed E-state index contributed by atoms with van der Waals surface area (Å²) >= 11 is 0. The summed E-state index contributed by atoms with van der Waals surface area (Å²) in [6, 6.07) is 4.08. The molecule has 0 saturated carbocycles. The van der Waals surface area contributed by atoms with Crippen molar-refractivity contribution in [3.63, 3.8) is 0 Å². The highest BCUT2D eigenvalue weighted by molar-refractivity contribution is 4.97. The fourth-order valence-corrected chi connectivity index (χ4v) is 4.68. The molecule has 0 aromatic rings. The molecule has 1 N–H and O–H groups in total. The van der Waals surface area contributed by atoms with Crippen molar-refractivity contribution >= 4 is 0 Å². The summed E-state index contributed by atoms with van der Waals surface area (Å²) in [5.41, 5.74) is 0. The Kier molecular flexibility index (Phi) is 4.16. The number of fused-ring (bicyclic) bond motifs is 2. The van der Waals surface area contributed by atoms with Crippen LogP contribution in [-0.4, -0.2) is 60.1 Å². The lowest BCUT2D eigenvalue weighted by molar-refractivity contribution is 0.0434. The summed E-state index contributed by atoms with van der Waals surface area (Å²) in [7, 11) is 2.28. The molecule has 3 aliphatic heterocycles. The molecule has 0 aromatic heterocycles. The predicted molar refractivity (Wildman–Crippen MR) is 80.5 cm³/mol. The zero-order valence-electron chi connectivity index (χ0n) is 12.9. The highest BCUT2D eigenvalue weighted by Crippen LogP contribution is 2.32. The molecule has 4 atom stereocenters. The second-order valence-corrected chi connectivity index (χ2v) is 7.10. The highest BCUT2D eigenvalue weighted by atomic mass is 15.2. The van der Waals surface area contributed by atoms with Crippen LogP contribution < -0.4 is 5.32 Å². The molecule has 0 spiro atoms. The van der Waals surface area contributed by atoms with E-state index in [0.717, 1.165) is 30.2 Å². The van der Waals surface area contributed by atoms with Crippen molar-refractivity contribution in [1.82, 2.24) is 15.1 Å². The van der Waals surface area contributed by atoms with Crippen LogP contribution in [0.4, 0.5) is 0 Å². The maximum absolute atomic E-state index is 3.78. The van der Waals surface area contributed by atoms with Crippen LogP contribution in [0.5, 0.6) is 0 Å². The average Bonchev–Trinajstić information content (AvgIpc) is 2.74. The molecule has 0 aliphatic carbocycles. The minimum atomic E-state index is 0.756. The van der Waals surface area contributed by atoms with Gasteiger partial charge in [0, 0.05) is 30.2 Å². The van der Waals surface area contributed by atoms with Crippen molar-refractivity contribution in [1.29, 1.82) is 0 Å². The predicted octanol–water partition coefficient (Wildman–Crippen LogP) is 2.07. The molecule has 2 bridgehead atoms. The van der Waals surface area contributed by atoms with E-state index < -0.39 is 0 Å². The van der Waals surface area contributed by atoms with Crippen LogP contribution >= 0.6 is 0 Å². The number of hydrogen-bond donors (Lipinski definition) is 1. The van der Waals surface area contributed by atoms with Crippen LogP contribution in [-0.2, 0) is 0 Å². The molecular weight excluding hydrogens is 234 g/mol. The quantitative estimate of drug-likeness (QED) is 0.843. The van der Waals surface area contributed by atoms with Crippen LogP contribution in [0.25, 0.3) is 0 Å². The fourth-order valence-electron chi connectivity index (χ4n) is 4.68. The molecule has 3 saturated heterocycles. The van der Waals surface area contributed by atoms with Gasteiger partial charge < -0.3 is 10.2 Å². The number of piperidine rings is 2. The zero-order valence-corrected chi connectivity index (χ0v) is 12.9. The van der Waals surface area contributed by atoms with E-state index in [1.54, 1.807) is 0 Å². The van der Waals surface area contributed by atoms with E-state index in [1.165, 1.54) is 51.6 Å². The Balaban J connectivity index is 1.64. The van der Waals surface area contributed by atoms with Gasteiger partial charge in [0.15, 0.2) is 0 Å². The van der Waals surface area contributed by atoms with Gasteiger partial charge in [0.25, 0.3) is 0 Å². The van der Waals surface area contributed by atoms with E-state index in [2.05, 4.69) is 36.0 Å². The summed E-state index contributed by atoms with van der Waals surface area (Å²) in [6.45, 7) is 7.28. The molecule has 3 fully saturated rings. The summed E-state index contributed by atoms with van der Waals surface area (Å²) < 4.78 is 0. The fraction of sp³-hybridized carbons (Fsp3) is 1.00. The van der Waals surface area contributed by atoms with E-state index in [-0.39, 0.29) is 0 Å². The summed E-state index contributed by atoms with van der Waals surface area (Å²) in [6.07, 6.45) is 8.36. The van der Waals surface area contributed by atoms with Crippen molar-refractivity contribution in [2.75, 3.05) is 20.1 Å². The van der Waals surface area contributed by atoms with Gasteiger partial charge in [-0.1, -0.05) is 6.92 Å².